The molecular formula is C21H22AsClFN5O3S. The summed E-state index contributed by atoms with van der Waals surface area (Å²) in [5.41, 5.74) is 0.555. The van der Waals surface area contributed by atoms with Crippen LogP contribution in [0.3, 0.4) is 0 Å². The van der Waals surface area contributed by atoms with Crippen molar-refractivity contribution < 1.29 is 17.6 Å². The van der Waals surface area contributed by atoms with E-state index in [1.54, 1.807) is 13.0 Å². The van der Waals surface area contributed by atoms with Crippen LogP contribution in [-0.2, 0) is 15.2 Å². The number of halogens is 2. The van der Waals surface area contributed by atoms with E-state index < -0.39 is 37.6 Å². The molecule has 2 aromatic carbocycles. The van der Waals surface area contributed by atoms with Gasteiger partial charge >= 0.3 is 190 Å². The molecule has 3 aromatic rings. The van der Waals surface area contributed by atoms with E-state index in [1.165, 1.54) is 24.0 Å². The van der Waals surface area contributed by atoms with Crippen molar-refractivity contribution in [3.05, 3.63) is 71.3 Å². The van der Waals surface area contributed by atoms with Crippen molar-refractivity contribution in [2.75, 3.05) is 21.1 Å². The molecule has 174 valence electrons. The minimum absolute atomic E-state index is 0.0843. The third kappa shape index (κ3) is 7.42. The summed E-state index contributed by atoms with van der Waals surface area (Å²) in [4.78, 5) is 20.7. The van der Waals surface area contributed by atoms with Gasteiger partial charge in [0.05, 0.1) is 0 Å². The van der Waals surface area contributed by atoms with Crippen LogP contribution >= 0.6 is 11.6 Å². The van der Waals surface area contributed by atoms with Crippen LogP contribution in [0.4, 0.5) is 26.4 Å². The van der Waals surface area contributed by atoms with Crippen molar-refractivity contribution in [1.29, 1.82) is 0 Å². The number of nitrogens with zero attached hydrogens (tertiary/aromatic N) is 2. The molecule has 33 heavy (non-hydrogen) atoms. The molecule has 0 fully saturated rings. The number of anilines is 3. The SMILES string of the molecule is CCCS(=O)(=O)Nc1ccc(Cl)c(NC(=O)Nc2cc([AsH]Cc3ccccc3)ncn2)c1F. The Morgan fingerprint density at radius 1 is 1.12 bits per heavy atom. The summed E-state index contributed by atoms with van der Waals surface area (Å²) in [6.07, 6.45) is 1.73. The summed E-state index contributed by atoms with van der Waals surface area (Å²) in [5, 5.41) is 5.66. The van der Waals surface area contributed by atoms with Gasteiger partial charge < -0.3 is 0 Å². The van der Waals surface area contributed by atoms with Gasteiger partial charge in [-0.2, -0.15) is 0 Å². The molecule has 8 nitrogen and oxygen atoms in total. The maximum atomic E-state index is 14.9. The first kappa shape index (κ1) is 25.0. The monoisotopic (exact) mass is 553 g/mol. The molecule has 0 spiro atoms. The fourth-order valence-corrected chi connectivity index (χ4v) is 6.25. The number of nitrogens with one attached hydrogen (secondary N) is 3. The molecular weight excluding hydrogens is 532 g/mol. The van der Waals surface area contributed by atoms with Crippen molar-refractivity contribution >= 4 is 65.1 Å². The molecule has 2 amide bonds. The van der Waals surface area contributed by atoms with Crippen molar-refractivity contribution in [3.63, 3.8) is 0 Å². The average Bonchev–Trinajstić information content (AvgIpc) is 2.78. The zero-order valence-corrected chi connectivity index (χ0v) is 21.3. The van der Waals surface area contributed by atoms with Crippen molar-refractivity contribution in [3.8, 4) is 0 Å². The Hall–Kier alpha value is -2.68. The van der Waals surface area contributed by atoms with Gasteiger partial charge in [-0.3, -0.25) is 0 Å². The summed E-state index contributed by atoms with van der Waals surface area (Å²) in [6.45, 7) is 1.69. The molecule has 0 saturated carbocycles. The normalized spacial score (nSPS) is 11.5. The number of rotatable bonds is 9. The number of benzene rings is 2. The minimum atomic E-state index is -3.72. The third-order valence-electron chi connectivity index (χ3n) is 4.29. The zero-order chi connectivity index (χ0) is 23.8. The Balaban J connectivity index is 1.67. The van der Waals surface area contributed by atoms with Gasteiger partial charge in [-0.15, -0.1) is 0 Å². The number of urea groups is 1. The van der Waals surface area contributed by atoms with E-state index in [-0.39, 0.29) is 28.0 Å². The first-order valence-electron chi connectivity index (χ1n) is 9.93. The number of carbonyl (C=O) groups excluding carboxylic acids is 1. The molecule has 3 N–H and O–H groups in total. The fourth-order valence-electron chi connectivity index (χ4n) is 2.81. The van der Waals surface area contributed by atoms with E-state index in [9.17, 15) is 17.6 Å². The molecule has 3 rings (SSSR count). The van der Waals surface area contributed by atoms with Gasteiger partial charge in [0.2, 0.25) is 0 Å². The van der Waals surface area contributed by atoms with E-state index in [0.717, 1.165) is 9.69 Å². The molecule has 0 radical (unpaired) electrons. The Morgan fingerprint density at radius 2 is 1.88 bits per heavy atom. The van der Waals surface area contributed by atoms with Crippen LogP contribution < -0.4 is 19.8 Å². The molecule has 0 aliphatic heterocycles. The molecule has 1 heterocycles. The van der Waals surface area contributed by atoms with Crippen LogP contribution in [0, 0.1) is 5.82 Å². The van der Waals surface area contributed by atoms with Gasteiger partial charge in [0.25, 0.3) is 0 Å². The zero-order valence-electron chi connectivity index (χ0n) is 17.6. The second-order valence-electron chi connectivity index (χ2n) is 6.91. The quantitative estimate of drug-likeness (QED) is 0.352. The molecule has 0 aliphatic rings. The Bertz CT molecular complexity index is 1230. The predicted molar refractivity (Wildman–Crippen MR) is 131 cm³/mol. The summed E-state index contributed by atoms with van der Waals surface area (Å²) >= 11 is 5.43. The van der Waals surface area contributed by atoms with Crippen molar-refractivity contribution in [2.24, 2.45) is 0 Å². The Labute approximate surface area is 203 Å². The number of sulfonamides is 1. The molecule has 0 aliphatic carbocycles. The fraction of sp³-hybridized carbons (Fsp3) is 0.190. The van der Waals surface area contributed by atoms with Crippen LogP contribution in [0.15, 0.2) is 54.9 Å². The second kappa shape index (κ2) is 11.4. The summed E-state index contributed by atoms with van der Waals surface area (Å²) in [6, 6.07) is 13.4. The second-order valence-corrected chi connectivity index (χ2v) is 11.7. The number of carbonyl (C=O) groups is 1. The van der Waals surface area contributed by atoms with Gasteiger partial charge in [-0.05, 0) is 6.42 Å². The van der Waals surface area contributed by atoms with Crippen LogP contribution in [0.1, 0.15) is 18.9 Å². The molecule has 0 bridgehead atoms. The first-order chi connectivity index (χ1) is 15.8. The Kier molecular flexibility index (Phi) is 8.66. The third-order valence-corrected chi connectivity index (χ3v) is 8.65. The number of hydrogen-bond donors (Lipinski definition) is 3. The number of aromatic nitrogens is 2. The van der Waals surface area contributed by atoms with Crippen LogP contribution in [0.2, 0.25) is 5.02 Å². The molecule has 1 aromatic heterocycles. The molecule has 0 saturated heterocycles. The standard InChI is InChI=1S/C21H22AsClFN5O3S/c1-2-10-33(31,32)29-16-9-8-15(23)20(19(16)24)28-21(30)27-18-11-17(25-13-26-18)22-12-14-6-4-3-5-7-14/h3-9,11,13,22,29H,2,10,12H2,1H3,(H2,25,26,27,28,30). The first-order valence-corrected chi connectivity index (χ1v) is 14.5. The maximum absolute atomic E-state index is 14.9. The van der Waals surface area contributed by atoms with Crippen LogP contribution in [0.25, 0.3) is 0 Å². The van der Waals surface area contributed by atoms with Crippen molar-refractivity contribution in [2.45, 2.75) is 18.6 Å². The topological polar surface area (TPSA) is 113 Å². The van der Waals surface area contributed by atoms with E-state index in [4.69, 9.17) is 11.6 Å². The molecule has 1 unspecified atom stereocenters. The van der Waals surface area contributed by atoms with Crippen LogP contribution in [-0.4, -0.2) is 45.9 Å². The molecule has 1 atom stereocenters. The van der Waals surface area contributed by atoms with Gasteiger partial charge in [-0.25, -0.2) is 0 Å². The van der Waals surface area contributed by atoms with Gasteiger partial charge in [-0.1, -0.05) is 6.92 Å². The molecule has 12 heteroatoms. The van der Waals surface area contributed by atoms with E-state index in [1.807, 2.05) is 30.3 Å². The van der Waals surface area contributed by atoms with Crippen LogP contribution in [0.5, 0.6) is 0 Å². The number of amides is 2. The van der Waals surface area contributed by atoms with Crippen molar-refractivity contribution in [1.82, 2.24) is 9.97 Å². The summed E-state index contributed by atoms with van der Waals surface area (Å²) in [7, 11) is -3.72. The van der Waals surface area contributed by atoms with E-state index >= 15 is 0 Å². The van der Waals surface area contributed by atoms with Gasteiger partial charge in [0.1, 0.15) is 0 Å². The Morgan fingerprint density at radius 3 is 2.61 bits per heavy atom. The number of hydrogen-bond acceptors (Lipinski definition) is 5. The van der Waals surface area contributed by atoms with Gasteiger partial charge in [0, 0.05) is 0 Å². The summed E-state index contributed by atoms with van der Waals surface area (Å²) in [5.74, 6) is -0.900. The average molecular weight is 554 g/mol. The predicted octanol–water partition coefficient (Wildman–Crippen LogP) is 3.33. The van der Waals surface area contributed by atoms with E-state index in [2.05, 4.69) is 25.3 Å². The van der Waals surface area contributed by atoms with E-state index in [0.29, 0.717) is 6.42 Å². The summed E-state index contributed by atoms with van der Waals surface area (Å²) < 4.78 is 41.8. The van der Waals surface area contributed by atoms with Gasteiger partial charge in [0.15, 0.2) is 0 Å².